The first-order valence-corrected chi connectivity index (χ1v) is 9.46. The molecule has 1 aromatic rings. The normalized spacial score (nSPS) is 19.5. The van der Waals surface area contributed by atoms with E-state index in [1.54, 1.807) is 24.1 Å². The highest BCUT2D eigenvalue weighted by atomic mass is 32.2. The molecule has 0 radical (unpaired) electrons. The highest BCUT2D eigenvalue weighted by Crippen LogP contribution is 2.34. The molecule has 0 aliphatic carbocycles. The molecule has 7 nitrogen and oxygen atoms in total. The topological polar surface area (TPSA) is 83.8 Å². The quantitative estimate of drug-likeness (QED) is 0.599. The SMILES string of the molecule is CN1CCCC(CN(C)c2cccc(S(C)(=O)=O)c2[N+](=O)[O-])C1. The van der Waals surface area contributed by atoms with Crippen molar-refractivity contribution in [1.29, 1.82) is 0 Å². The van der Waals surface area contributed by atoms with Crippen LogP contribution >= 0.6 is 0 Å². The van der Waals surface area contributed by atoms with Gasteiger partial charge in [0.15, 0.2) is 9.84 Å². The number of nitrogens with zero attached hydrogens (tertiary/aromatic N) is 3. The maximum Gasteiger partial charge on any atom is 0.311 e. The lowest BCUT2D eigenvalue weighted by Gasteiger charge is -2.33. The molecule has 0 spiro atoms. The smallest absolute Gasteiger partial charge is 0.311 e. The van der Waals surface area contributed by atoms with Crippen molar-refractivity contribution in [2.75, 3.05) is 44.9 Å². The zero-order valence-corrected chi connectivity index (χ0v) is 14.5. The van der Waals surface area contributed by atoms with E-state index in [1.807, 2.05) is 0 Å². The number of hydrogen-bond acceptors (Lipinski definition) is 6. The minimum absolute atomic E-state index is 0.229. The van der Waals surface area contributed by atoms with Crippen LogP contribution in [0.1, 0.15) is 12.8 Å². The van der Waals surface area contributed by atoms with E-state index in [0.29, 0.717) is 18.2 Å². The number of rotatable bonds is 5. The zero-order valence-electron chi connectivity index (χ0n) is 13.7. The van der Waals surface area contributed by atoms with Crippen molar-refractivity contribution in [3.05, 3.63) is 28.3 Å². The standard InChI is InChI=1S/C15H23N3O4S/c1-16-9-5-6-12(10-16)11-17(2)13-7-4-8-14(23(3,21)22)15(13)18(19)20/h4,7-8,12H,5-6,9-11H2,1-3H3. The van der Waals surface area contributed by atoms with Crippen molar-refractivity contribution in [2.24, 2.45) is 5.92 Å². The molecule has 2 rings (SSSR count). The minimum atomic E-state index is -3.65. The molecule has 0 bridgehead atoms. The monoisotopic (exact) mass is 341 g/mol. The lowest BCUT2D eigenvalue weighted by atomic mass is 9.98. The van der Waals surface area contributed by atoms with Gasteiger partial charge in [0.05, 0.1) is 4.92 Å². The second kappa shape index (κ2) is 6.84. The van der Waals surface area contributed by atoms with Crippen molar-refractivity contribution in [1.82, 2.24) is 4.90 Å². The number of piperidine rings is 1. The summed E-state index contributed by atoms with van der Waals surface area (Å²) in [5.41, 5.74) is 0.0211. The van der Waals surface area contributed by atoms with Crippen LogP contribution in [0.2, 0.25) is 0 Å². The maximum absolute atomic E-state index is 11.8. The van der Waals surface area contributed by atoms with Crippen molar-refractivity contribution < 1.29 is 13.3 Å². The molecule has 0 saturated carbocycles. The van der Waals surface area contributed by atoms with Crippen LogP contribution in [0.3, 0.4) is 0 Å². The molecule has 23 heavy (non-hydrogen) atoms. The lowest BCUT2D eigenvalue weighted by molar-refractivity contribution is -0.387. The Morgan fingerprint density at radius 3 is 2.70 bits per heavy atom. The van der Waals surface area contributed by atoms with Gasteiger partial charge in [-0.15, -0.1) is 0 Å². The summed E-state index contributed by atoms with van der Waals surface area (Å²) in [5.74, 6) is 0.417. The maximum atomic E-state index is 11.8. The number of sulfone groups is 1. The van der Waals surface area contributed by atoms with Gasteiger partial charge in [0.2, 0.25) is 0 Å². The molecule has 0 N–H and O–H groups in total. The van der Waals surface area contributed by atoms with Gasteiger partial charge in [-0.3, -0.25) is 10.1 Å². The number of nitro groups is 1. The fraction of sp³-hybridized carbons (Fsp3) is 0.600. The molecule has 1 aromatic carbocycles. The zero-order chi connectivity index (χ0) is 17.2. The second-order valence-electron chi connectivity index (χ2n) is 6.30. The van der Waals surface area contributed by atoms with Crippen molar-refractivity contribution in [2.45, 2.75) is 17.7 Å². The van der Waals surface area contributed by atoms with Gasteiger partial charge < -0.3 is 9.80 Å². The van der Waals surface area contributed by atoms with Crippen molar-refractivity contribution in [3.8, 4) is 0 Å². The molecule has 0 amide bonds. The summed E-state index contributed by atoms with van der Waals surface area (Å²) in [6, 6.07) is 4.46. The first kappa shape index (κ1) is 17.7. The molecule has 1 aliphatic heterocycles. The molecule has 1 aliphatic rings. The third-order valence-corrected chi connectivity index (χ3v) is 5.35. The Morgan fingerprint density at radius 2 is 2.13 bits per heavy atom. The molecule has 8 heteroatoms. The van der Waals surface area contributed by atoms with Gasteiger partial charge in [-0.05, 0) is 44.5 Å². The molecular formula is C15H23N3O4S. The van der Waals surface area contributed by atoms with Crippen LogP contribution in [0.15, 0.2) is 23.1 Å². The molecule has 128 valence electrons. The van der Waals surface area contributed by atoms with Gasteiger partial charge in [-0.25, -0.2) is 8.42 Å². The largest absolute Gasteiger partial charge is 0.369 e. The summed E-state index contributed by atoms with van der Waals surface area (Å²) in [4.78, 5) is 14.7. The Labute approximate surface area is 137 Å². The molecule has 1 fully saturated rings. The Hall–Kier alpha value is -1.67. The van der Waals surface area contributed by atoms with Gasteiger partial charge >= 0.3 is 5.69 Å². The van der Waals surface area contributed by atoms with Crippen LogP contribution in [0.25, 0.3) is 0 Å². The number of para-hydroxylation sites is 1. The van der Waals surface area contributed by atoms with E-state index < -0.39 is 14.8 Å². The van der Waals surface area contributed by atoms with Crippen LogP contribution in [0.4, 0.5) is 11.4 Å². The van der Waals surface area contributed by atoms with Gasteiger partial charge in [0.1, 0.15) is 10.6 Å². The van der Waals surface area contributed by atoms with Crippen molar-refractivity contribution >= 4 is 21.2 Å². The minimum Gasteiger partial charge on any atom is -0.369 e. The number of likely N-dealkylation sites (tertiary alicyclic amines) is 1. The van der Waals surface area contributed by atoms with Crippen LogP contribution in [-0.4, -0.2) is 58.2 Å². The summed E-state index contributed by atoms with van der Waals surface area (Å²) in [7, 11) is 0.196. The molecular weight excluding hydrogens is 318 g/mol. The first-order valence-electron chi connectivity index (χ1n) is 7.57. The third-order valence-electron chi connectivity index (χ3n) is 4.23. The van der Waals surface area contributed by atoms with E-state index in [0.717, 1.165) is 32.2 Å². The van der Waals surface area contributed by atoms with Crippen LogP contribution in [0.5, 0.6) is 0 Å². The van der Waals surface area contributed by atoms with E-state index in [-0.39, 0.29) is 10.6 Å². The van der Waals surface area contributed by atoms with E-state index in [1.165, 1.54) is 6.07 Å². The van der Waals surface area contributed by atoms with Gasteiger partial charge in [0.25, 0.3) is 0 Å². The van der Waals surface area contributed by atoms with Gasteiger partial charge in [-0.1, -0.05) is 6.07 Å². The molecule has 0 aromatic heterocycles. The summed E-state index contributed by atoms with van der Waals surface area (Å²) in [6.07, 6.45) is 3.18. The van der Waals surface area contributed by atoms with Crippen LogP contribution < -0.4 is 4.90 Å². The van der Waals surface area contributed by atoms with Crippen LogP contribution in [0, 0.1) is 16.0 Å². The Balaban J connectivity index is 2.33. The average molecular weight is 341 g/mol. The van der Waals surface area contributed by atoms with E-state index in [9.17, 15) is 18.5 Å². The average Bonchev–Trinajstić information content (AvgIpc) is 2.45. The van der Waals surface area contributed by atoms with Crippen molar-refractivity contribution in [3.63, 3.8) is 0 Å². The number of benzene rings is 1. The van der Waals surface area contributed by atoms with E-state index in [2.05, 4.69) is 11.9 Å². The second-order valence-corrected chi connectivity index (χ2v) is 8.29. The predicted molar refractivity (Wildman–Crippen MR) is 89.7 cm³/mol. The Kier molecular flexibility index (Phi) is 5.26. The molecule has 1 heterocycles. The third kappa shape index (κ3) is 4.20. The predicted octanol–water partition coefficient (Wildman–Crippen LogP) is 1.78. The highest BCUT2D eigenvalue weighted by Gasteiger charge is 2.29. The molecule has 1 atom stereocenters. The van der Waals surface area contributed by atoms with E-state index in [4.69, 9.17) is 0 Å². The number of nitro benzene ring substituents is 1. The number of anilines is 1. The first-order chi connectivity index (χ1) is 10.7. The van der Waals surface area contributed by atoms with E-state index >= 15 is 0 Å². The lowest BCUT2D eigenvalue weighted by Crippen LogP contribution is -2.38. The Morgan fingerprint density at radius 1 is 1.43 bits per heavy atom. The fourth-order valence-electron chi connectivity index (χ4n) is 3.21. The summed E-state index contributed by atoms with van der Waals surface area (Å²) in [5, 5.41) is 11.4. The molecule has 1 unspecified atom stereocenters. The fourth-order valence-corrected chi connectivity index (χ4v) is 4.07. The summed E-state index contributed by atoms with van der Waals surface area (Å²) in [6.45, 7) is 2.69. The Bertz CT molecular complexity index is 690. The summed E-state index contributed by atoms with van der Waals surface area (Å²) >= 11 is 0. The highest BCUT2D eigenvalue weighted by molar-refractivity contribution is 7.90. The number of hydrogen-bond donors (Lipinski definition) is 0. The molecule has 1 saturated heterocycles. The van der Waals surface area contributed by atoms with Gasteiger partial charge in [0, 0.05) is 26.4 Å². The van der Waals surface area contributed by atoms with Gasteiger partial charge in [-0.2, -0.15) is 0 Å². The summed E-state index contributed by atoms with van der Waals surface area (Å²) < 4.78 is 23.7. The van der Waals surface area contributed by atoms with Crippen LogP contribution in [-0.2, 0) is 9.84 Å².